The predicted molar refractivity (Wildman–Crippen MR) is 97.9 cm³/mol. The first-order chi connectivity index (χ1) is 12.9. The van der Waals surface area contributed by atoms with E-state index in [9.17, 15) is 19.2 Å². The number of carbonyl (C=O) groups is 4. The number of allylic oxidation sites excluding steroid dienone is 2. The molecule has 0 radical (unpaired) electrons. The quantitative estimate of drug-likeness (QED) is 0.472. The van der Waals surface area contributed by atoms with Crippen molar-refractivity contribution in [1.29, 1.82) is 0 Å². The zero-order chi connectivity index (χ0) is 19.6. The normalized spacial score (nSPS) is 21.2. The first kappa shape index (κ1) is 19.1. The molecule has 27 heavy (non-hydrogen) atoms. The van der Waals surface area contributed by atoms with Gasteiger partial charge < -0.3 is 10.1 Å². The number of aryl methyl sites for hydroxylation is 1. The van der Waals surface area contributed by atoms with Crippen LogP contribution in [0.2, 0.25) is 5.02 Å². The fraction of sp³-hybridized carbons (Fsp3) is 0.368. The molecule has 1 heterocycles. The zero-order valence-corrected chi connectivity index (χ0v) is 15.5. The van der Waals surface area contributed by atoms with E-state index >= 15 is 0 Å². The van der Waals surface area contributed by atoms with Crippen molar-refractivity contribution in [2.24, 2.45) is 11.8 Å². The van der Waals surface area contributed by atoms with Crippen LogP contribution in [0, 0.1) is 18.8 Å². The highest BCUT2D eigenvalue weighted by molar-refractivity contribution is 6.30. The van der Waals surface area contributed by atoms with E-state index in [4.69, 9.17) is 16.3 Å². The van der Waals surface area contributed by atoms with E-state index in [1.54, 1.807) is 25.1 Å². The first-order valence-corrected chi connectivity index (χ1v) is 8.96. The molecule has 2 atom stereocenters. The van der Waals surface area contributed by atoms with Gasteiger partial charge in [-0.3, -0.25) is 24.1 Å². The Morgan fingerprint density at radius 2 is 1.81 bits per heavy atom. The summed E-state index contributed by atoms with van der Waals surface area (Å²) in [4.78, 5) is 49.5. The van der Waals surface area contributed by atoms with Crippen molar-refractivity contribution in [2.75, 3.05) is 18.5 Å². The van der Waals surface area contributed by atoms with Crippen LogP contribution >= 0.6 is 11.6 Å². The SMILES string of the molecule is Cc1cc(Cl)ccc1NC(=O)COC(=O)CN1C(=O)[C@@H]2CC=CC[C@H]2C1=O. The third-order valence-corrected chi connectivity index (χ3v) is 4.95. The number of esters is 1. The van der Waals surface area contributed by atoms with E-state index in [0.29, 0.717) is 23.6 Å². The monoisotopic (exact) mass is 390 g/mol. The Morgan fingerprint density at radius 3 is 2.41 bits per heavy atom. The van der Waals surface area contributed by atoms with Crippen molar-refractivity contribution < 1.29 is 23.9 Å². The Hall–Kier alpha value is -2.67. The number of nitrogens with zero attached hydrogens (tertiary/aromatic N) is 1. The standard InChI is InChI=1S/C19H19ClN2O5/c1-11-8-12(20)6-7-15(11)21-16(23)10-27-17(24)9-22-18(25)13-4-2-3-5-14(13)19(22)26/h2-3,6-8,13-14H,4-5,9-10H2,1H3,(H,21,23)/t13-,14-/m1/s1. The van der Waals surface area contributed by atoms with Crippen molar-refractivity contribution in [1.82, 2.24) is 4.90 Å². The highest BCUT2D eigenvalue weighted by atomic mass is 35.5. The molecule has 1 saturated heterocycles. The highest BCUT2D eigenvalue weighted by Gasteiger charge is 2.47. The summed E-state index contributed by atoms with van der Waals surface area (Å²) in [6, 6.07) is 4.98. The fourth-order valence-corrected chi connectivity index (χ4v) is 3.53. The maximum atomic E-state index is 12.3. The van der Waals surface area contributed by atoms with Crippen LogP contribution in [-0.2, 0) is 23.9 Å². The molecule has 0 aromatic heterocycles. The molecular weight excluding hydrogens is 372 g/mol. The van der Waals surface area contributed by atoms with E-state index < -0.39 is 36.9 Å². The summed E-state index contributed by atoms with van der Waals surface area (Å²) in [7, 11) is 0. The maximum absolute atomic E-state index is 12.3. The van der Waals surface area contributed by atoms with Gasteiger partial charge in [-0.15, -0.1) is 0 Å². The lowest BCUT2D eigenvalue weighted by molar-refractivity contribution is -0.154. The van der Waals surface area contributed by atoms with Gasteiger partial charge in [0.2, 0.25) is 11.8 Å². The molecule has 1 aromatic rings. The molecule has 142 valence electrons. The summed E-state index contributed by atoms with van der Waals surface area (Å²) >= 11 is 5.86. The van der Waals surface area contributed by atoms with Gasteiger partial charge >= 0.3 is 5.97 Å². The number of nitrogens with one attached hydrogen (secondary N) is 1. The van der Waals surface area contributed by atoms with Crippen molar-refractivity contribution >= 4 is 41.0 Å². The van der Waals surface area contributed by atoms with E-state index in [-0.39, 0.29) is 11.8 Å². The minimum absolute atomic E-state index is 0.354. The van der Waals surface area contributed by atoms with Crippen molar-refractivity contribution in [3.63, 3.8) is 0 Å². The fourth-order valence-electron chi connectivity index (χ4n) is 3.30. The molecule has 3 rings (SSSR count). The number of amides is 3. The van der Waals surface area contributed by atoms with Crippen molar-refractivity contribution in [3.8, 4) is 0 Å². The second-order valence-corrected chi connectivity index (χ2v) is 7.02. The van der Waals surface area contributed by atoms with Gasteiger partial charge in [-0.2, -0.15) is 0 Å². The predicted octanol–water partition coefficient (Wildman–Crippen LogP) is 2.08. The van der Waals surface area contributed by atoms with Crippen LogP contribution in [0.5, 0.6) is 0 Å². The number of ether oxygens (including phenoxy) is 1. The number of imide groups is 1. The molecule has 0 unspecified atom stereocenters. The van der Waals surface area contributed by atoms with Gasteiger partial charge in [-0.05, 0) is 43.5 Å². The lowest BCUT2D eigenvalue weighted by atomic mass is 9.85. The van der Waals surface area contributed by atoms with Gasteiger partial charge in [0.15, 0.2) is 6.61 Å². The van der Waals surface area contributed by atoms with Gasteiger partial charge in [0, 0.05) is 10.7 Å². The molecule has 0 saturated carbocycles. The van der Waals surface area contributed by atoms with Crippen LogP contribution in [0.15, 0.2) is 30.4 Å². The van der Waals surface area contributed by atoms with E-state index in [2.05, 4.69) is 5.32 Å². The third-order valence-electron chi connectivity index (χ3n) is 4.71. The number of fused-ring (bicyclic) bond motifs is 1. The molecule has 1 aromatic carbocycles. The van der Waals surface area contributed by atoms with Crippen LogP contribution in [0.3, 0.4) is 0 Å². The lowest BCUT2D eigenvalue weighted by Crippen LogP contribution is -2.37. The summed E-state index contributed by atoms with van der Waals surface area (Å²) in [5.41, 5.74) is 1.33. The van der Waals surface area contributed by atoms with Gasteiger partial charge in [-0.1, -0.05) is 23.8 Å². The first-order valence-electron chi connectivity index (χ1n) is 8.58. The van der Waals surface area contributed by atoms with Crippen LogP contribution in [0.1, 0.15) is 18.4 Å². The van der Waals surface area contributed by atoms with Gasteiger partial charge in [0.25, 0.3) is 5.91 Å². The maximum Gasteiger partial charge on any atom is 0.326 e. The molecule has 8 heteroatoms. The molecule has 0 spiro atoms. The number of hydrogen-bond acceptors (Lipinski definition) is 5. The molecule has 1 aliphatic carbocycles. The van der Waals surface area contributed by atoms with Crippen LogP contribution in [0.25, 0.3) is 0 Å². The van der Waals surface area contributed by atoms with E-state index in [0.717, 1.165) is 10.5 Å². The van der Waals surface area contributed by atoms with Crippen LogP contribution < -0.4 is 5.32 Å². The number of halogens is 1. The smallest absolute Gasteiger partial charge is 0.326 e. The van der Waals surface area contributed by atoms with Gasteiger partial charge in [0.1, 0.15) is 6.54 Å². The van der Waals surface area contributed by atoms with Crippen LogP contribution in [0.4, 0.5) is 5.69 Å². The average molecular weight is 391 g/mol. The Bertz CT molecular complexity index is 809. The highest BCUT2D eigenvalue weighted by Crippen LogP contribution is 2.34. The molecule has 7 nitrogen and oxygen atoms in total. The topological polar surface area (TPSA) is 92.8 Å². The molecular formula is C19H19ClN2O5. The Morgan fingerprint density at radius 1 is 1.19 bits per heavy atom. The summed E-state index contributed by atoms with van der Waals surface area (Å²) < 4.78 is 4.91. The Labute approximate surface area is 161 Å². The lowest BCUT2D eigenvalue weighted by Gasteiger charge is -2.14. The summed E-state index contributed by atoms with van der Waals surface area (Å²) in [6.45, 7) is 0.801. The average Bonchev–Trinajstić information content (AvgIpc) is 2.88. The van der Waals surface area contributed by atoms with Crippen molar-refractivity contribution in [3.05, 3.63) is 40.9 Å². The summed E-state index contributed by atoms with van der Waals surface area (Å²) in [6.07, 6.45) is 4.75. The van der Waals surface area contributed by atoms with E-state index in [1.165, 1.54) is 0 Å². The second kappa shape index (κ2) is 7.92. The molecule has 1 N–H and O–H groups in total. The van der Waals surface area contributed by atoms with Gasteiger partial charge in [0.05, 0.1) is 11.8 Å². The molecule has 0 bridgehead atoms. The zero-order valence-electron chi connectivity index (χ0n) is 14.7. The summed E-state index contributed by atoms with van der Waals surface area (Å²) in [5.74, 6) is -2.82. The molecule has 3 amide bonds. The Kier molecular flexibility index (Phi) is 5.60. The number of carbonyl (C=O) groups excluding carboxylic acids is 4. The Balaban J connectivity index is 1.50. The van der Waals surface area contributed by atoms with Gasteiger partial charge in [-0.25, -0.2) is 0 Å². The molecule has 2 aliphatic rings. The number of rotatable bonds is 5. The molecule has 1 fully saturated rings. The number of benzene rings is 1. The minimum Gasteiger partial charge on any atom is -0.454 e. The largest absolute Gasteiger partial charge is 0.454 e. The number of anilines is 1. The summed E-state index contributed by atoms with van der Waals surface area (Å²) in [5, 5.41) is 3.16. The van der Waals surface area contributed by atoms with Crippen molar-refractivity contribution in [2.45, 2.75) is 19.8 Å². The number of hydrogen-bond donors (Lipinski definition) is 1. The molecule has 1 aliphatic heterocycles. The second-order valence-electron chi connectivity index (χ2n) is 6.59. The van der Waals surface area contributed by atoms with E-state index in [1.807, 2.05) is 12.2 Å². The third kappa shape index (κ3) is 4.19. The number of likely N-dealkylation sites (tertiary alicyclic amines) is 1. The van der Waals surface area contributed by atoms with Crippen LogP contribution in [-0.4, -0.2) is 41.7 Å². The minimum atomic E-state index is -0.800.